The fourth-order valence-corrected chi connectivity index (χ4v) is 2.71. The lowest BCUT2D eigenvalue weighted by molar-refractivity contribution is -0.131. The van der Waals surface area contributed by atoms with Gasteiger partial charge < -0.3 is 19.7 Å². The van der Waals surface area contributed by atoms with Crippen LogP contribution < -0.4 is 10.1 Å². The van der Waals surface area contributed by atoms with Gasteiger partial charge in [-0.3, -0.25) is 5.32 Å². The molecule has 1 amide bonds. The zero-order chi connectivity index (χ0) is 20.9. The number of carboxylic acid groups (broad SMARTS) is 1. The van der Waals surface area contributed by atoms with Gasteiger partial charge in [0.2, 0.25) is 0 Å². The molecule has 0 unspecified atom stereocenters. The third-order valence-corrected chi connectivity index (χ3v) is 3.98. The van der Waals surface area contributed by atoms with Crippen LogP contribution in [0.25, 0.3) is 0 Å². The molecule has 3 N–H and O–H groups in total. The standard InChI is InChI=1S/C22H25NO6/c24-15-16-28-19-12-8-7-11-18(19)20(13-5-2-6-14-21(25)26)29-22(27)23-17-9-3-1-4-10-17/h1,3-4,6-12,14,20,24H,2,5,13,15-16H2,(H,23,27)(H,25,26)/b14-6+/t20-/m1/s1. The number of benzene rings is 2. The summed E-state index contributed by atoms with van der Waals surface area (Å²) >= 11 is 0. The highest BCUT2D eigenvalue weighted by atomic mass is 16.6. The number of aliphatic hydroxyl groups excluding tert-OH is 1. The van der Waals surface area contributed by atoms with Gasteiger partial charge in [-0.2, -0.15) is 0 Å². The van der Waals surface area contributed by atoms with Crippen molar-refractivity contribution in [3.8, 4) is 5.75 Å². The van der Waals surface area contributed by atoms with E-state index < -0.39 is 18.2 Å². The molecule has 2 aromatic rings. The van der Waals surface area contributed by atoms with Crippen molar-refractivity contribution in [2.75, 3.05) is 18.5 Å². The minimum absolute atomic E-state index is 0.126. The van der Waals surface area contributed by atoms with E-state index in [1.807, 2.05) is 12.1 Å². The minimum atomic E-state index is -0.997. The molecule has 0 aliphatic heterocycles. The topological polar surface area (TPSA) is 105 Å². The number of nitrogens with one attached hydrogen (secondary N) is 1. The first-order valence-electron chi connectivity index (χ1n) is 9.35. The van der Waals surface area contributed by atoms with Crippen molar-refractivity contribution >= 4 is 17.7 Å². The zero-order valence-electron chi connectivity index (χ0n) is 16.0. The van der Waals surface area contributed by atoms with Gasteiger partial charge in [0.15, 0.2) is 0 Å². The molecule has 0 aromatic heterocycles. The van der Waals surface area contributed by atoms with E-state index in [2.05, 4.69) is 5.32 Å². The minimum Gasteiger partial charge on any atom is -0.491 e. The first-order valence-corrected chi connectivity index (χ1v) is 9.35. The third kappa shape index (κ3) is 8.06. The highest BCUT2D eigenvalue weighted by molar-refractivity contribution is 5.84. The van der Waals surface area contributed by atoms with Gasteiger partial charge in [-0.15, -0.1) is 0 Å². The number of unbranched alkanes of at least 4 members (excludes halogenated alkanes) is 1. The van der Waals surface area contributed by atoms with Crippen molar-refractivity contribution in [1.29, 1.82) is 0 Å². The molecule has 0 saturated heterocycles. The quantitative estimate of drug-likeness (QED) is 0.387. The van der Waals surface area contributed by atoms with Crippen molar-refractivity contribution in [2.45, 2.75) is 25.4 Å². The Morgan fingerprint density at radius 1 is 1.07 bits per heavy atom. The summed E-state index contributed by atoms with van der Waals surface area (Å²) in [7, 11) is 0. The van der Waals surface area contributed by atoms with Crippen LogP contribution in [0.5, 0.6) is 5.75 Å². The zero-order valence-corrected chi connectivity index (χ0v) is 16.0. The molecule has 154 valence electrons. The smallest absolute Gasteiger partial charge is 0.412 e. The van der Waals surface area contributed by atoms with Gasteiger partial charge >= 0.3 is 12.1 Å². The Morgan fingerprint density at radius 3 is 2.52 bits per heavy atom. The second-order valence-corrected chi connectivity index (χ2v) is 6.17. The number of hydrogen-bond donors (Lipinski definition) is 3. The van der Waals surface area contributed by atoms with E-state index in [-0.39, 0.29) is 13.2 Å². The average Bonchev–Trinajstić information content (AvgIpc) is 2.72. The van der Waals surface area contributed by atoms with Crippen LogP contribution in [0.15, 0.2) is 66.7 Å². The van der Waals surface area contributed by atoms with Gasteiger partial charge in [-0.1, -0.05) is 42.5 Å². The Kier molecular flexibility index (Phi) is 9.24. The molecule has 7 heteroatoms. The number of rotatable bonds is 11. The summed E-state index contributed by atoms with van der Waals surface area (Å²) in [6.07, 6.45) is 3.10. The number of carbonyl (C=O) groups is 2. The van der Waals surface area contributed by atoms with Crippen molar-refractivity contribution in [3.63, 3.8) is 0 Å². The van der Waals surface area contributed by atoms with E-state index in [9.17, 15) is 9.59 Å². The van der Waals surface area contributed by atoms with Crippen LogP contribution in [-0.2, 0) is 9.53 Å². The number of carboxylic acids is 1. The molecular formula is C22H25NO6. The molecule has 2 rings (SSSR count). The number of amides is 1. The van der Waals surface area contributed by atoms with Crippen LogP contribution in [0, 0.1) is 0 Å². The molecule has 0 spiro atoms. The second-order valence-electron chi connectivity index (χ2n) is 6.17. The van der Waals surface area contributed by atoms with Crippen LogP contribution in [0.4, 0.5) is 10.5 Å². The van der Waals surface area contributed by atoms with Crippen LogP contribution in [0.3, 0.4) is 0 Å². The summed E-state index contributed by atoms with van der Waals surface area (Å²) in [6, 6.07) is 16.1. The predicted molar refractivity (Wildman–Crippen MR) is 109 cm³/mol. The lowest BCUT2D eigenvalue weighted by atomic mass is 10.0. The maximum atomic E-state index is 12.4. The Hall–Kier alpha value is -3.32. The molecule has 0 saturated carbocycles. The Balaban J connectivity index is 2.10. The van der Waals surface area contributed by atoms with Gasteiger partial charge in [0.25, 0.3) is 0 Å². The van der Waals surface area contributed by atoms with Gasteiger partial charge in [0, 0.05) is 17.3 Å². The number of para-hydroxylation sites is 2. The van der Waals surface area contributed by atoms with Crippen molar-refractivity contribution in [1.82, 2.24) is 0 Å². The number of allylic oxidation sites excluding steroid dienone is 1. The van der Waals surface area contributed by atoms with Crippen molar-refractivity contribution < 1.29 is 29.3 Å². The number of aliphatic hydroxyl groups is 1. The average molecular weight is 399 g/mol. The van der Waals surface area contributed by atoms with Gasteiger partial charge in [-0.25, -0.2) is 9.59 Å². The van der Waals surface area contributed by atoms with E-state index in [1.165, 1.54) is 0 Å². The molecule has 0 radical (unpaired) electrons. The van der Waals surface area contributed by atoms with E-state index in [1.54, 1.807) is 48.5 Å². The number of aliphatic carboxylic acids is 1. The molecule has 0 aliphatic carbocycles. The maximum Gasteiger partial charge on any atom is 0.412 e. The fraction of sp³-hybridized carbons (Fsp3) is 0.273. The summed E-state index contributed by atoms with van der Waals surface area (Å²) in [5.74, 6) is -0.470. The van der Waals surface area contributed by atoms with Gasteiger partial charge in [0.05, 0.1) is 6.61 Å². The largest absolute Gasteiger partial charge is 0.491 e. The van der Waals surface area contributed by atoms with Crippen molar-refractivity contribution in [3.05, 3.63) is 72.3 Å². The number of carbonyl (C=O) groups excluding carboxylic acids is 1. The Bertz CT molecular complexity index is 806. The Labute approximate surface area is 169 Å². The SMILES string of the molecule is O=C(O)/C=C/CCC[C@@H](OC(=O)Nc1ccccc1)c1ccccc1OCCO. The van der Waals surface area contributed by atoms with E-state index in [0.29, 0.717) is 36.3 Å². The van der Waals surface area contributed by atoms with Gasteiger partial charge in [0.1, 0.15) is 18.5 Å². The molecule has 0 fully saturated rings. The monoisotopic (exact) mass is 399 g/mol. The van der Waals surface area contributed by atoms with Crippen LogP contribution in [-0.4, -0.2) is 35.5 Å². The molecule has 0 heterocycles. The van der Waals surface area contributed by atoms with Crippen LogP contribution in [0.2, 0.25) is 0 Å². The van der Waals surface area contributed by atoms with E-state index in [0.717, 1.165) is 6.08 Å². The molecule has 2 aromatic carbocycles. The first-order chi connectivity index (χ1) is 14.1. The fourth-order valence-electron chi connectivity index (χ4n) is 2.71. The predicted octanol–water partition coefficient (Wildman–Crippen LogP) is 4.16. The molecule has 0 bridgehead atoms. The lowest BCUT2D eigenvalue weighted by Gasteiger charge is -2.21. The number of ether oxygens (including phenoxy) is 2. The highest BCUT2D eigenvalue weighted by Crippen LogP contribution is 2.32. The molecule has 29 heavy (non-hydrogen) atoms. The molecule has 0 aliphatic rings. The Morgan fingerprint density at radius 2 is 1.79 bits per heavy atom. The van der Waals surface area contributed by atoms with Crippen LogP contribution in [0.1, 0.15) is 30.9 Å². The molecule has 7 nitrogen and oxygen atoms in total. The second kappa shape index (κ2) is 12.2. The van der Waals surface area contributed by atoms with Crippen molar-refractivity contribution in [2.24, 2.45) is 0 Å². The molecular weight excluding hydrogens is 374 g/mol. The van der Waals surface area contributed by atoms with Gasteiger partial charge in [-0.05, 0) is 37.5 Å². The summed E-state index contributed by atoms with van der Waals surface area (Å²) in [6.45, 7) is -0.00434. The normalized spacial score (nSPS) is 11.8. The number of anilines is 1. The first kappa shape index (κ1) is 22.0. The highest BCUT2D eigenvalue weighted by Gasteiger charge is 2.20. The van der Waals surface area contributed by atoms with Crippen LogP contribution >= 0.6 is 0 Å². The summed E-state index contributed by atoms with van der Waals surface area (Å²) in [4.78, 5) is 23.0. The third-order valence-electron chi connectivity index (χ3n) is 3.98. The maximum absolute atomic E-state index is 12.4. The van der Waals surface area contributed by atoms with E-state index >= 15 is 0 Å². The summed E-state index contributed by atoms with van der Waals surface area (Å²) in [5, 5.41) is 20.4. The molecule has 1 atom stereocenters. The van der Waals surface area contributed by atoms with E-state index in [4.69, 9.17) is 19.7 Å². The lowest BCUT2D eigenvalue weighted by Crippen LogP contribution is -2.18. The summed E-state index contributed by atoms with van der Waals surface area (Å²) < 4.78 is 11.2. The number of hydrogen-bond acceptors (Lipinski definition) is 5. The summed E-state index contributed by atoms with van der Waals surface area (Å²) in [5.41, 5.74) is 1.30.